The minimum absolute atomic E-state index is 0.0463. The number of carbonyl (C=O) groups excluding carboxylic acids is 2. The lowest BCUT2D eigenvalue weighted by atomic mass is 10.1. The van der Waals surface area contributed by atoms with E-state index in [9.17, 15) is 9.59 Å². The van der Waals surface area contributed by atoms with E-state index in [1.165, 1.54) is 0 Å². The second-order valence-corrected chi connectivity index (χ2v) is 6.93. The number of hydrogen-bond acceptors (Lipinski definition) is 4. The van der Waals surface area contributed by atoms with Crippen molar-refractivity contribution in [2.24, 2.45) is 0 Å². The molecule has 142 valence electrons. The summed E-state index contributed by atoms with van der Waals surface area (Å²) < 4.78 is 5.27. The fourth-order valence-electron chi connectivity index (χ4n) is 2.91. The zero-order valence-corrected chi connectivity index (χ0v) is 16.1. The van der Waals surface area contributed by atoms with Crippen molar-refractivity contribution >= 4 is 34.8 Å². The van der Waals surface area contributed by atoms with Crippen molar-refractivity contribution in [3.63, 3.8) is 0 Å². The maximum atomic E-state index is 12.6. The minimum Gasteiger partial charge on any atom is -0.378 e. The summed E-state index contributed by atoms with van der Waals surface area (Å²) in [5.41, 5.74) is 2.52. The summed E-state index contributed by atoms with van der Waals surface area (Å²) in [7, 11) is 3.79. The zero-order chi connectivity index (χ0) is 19.4. The highest BCUT2D eigenvalue weighted by Gasteiger charge is 2.19. The Morgan fingerprint density at radius 1 is 1.04 bits per heavy atom. The number of nitrogens with one attached hydrogen (secondary N) is 1. The topological polar surface area (TPSA) is 61.9 Å². The van der Waals surface area contributed by atoms with Crippen molar-refractivity contribution in [1.29, 1.82) is 0 Å². The third kappa shape index (κ3) is 4.59. The standard InChI is InChI=1S/C20H22ClN3O3/c1-23(2)18-8-7-16(21)13-17(18)22-19(25)14-3-5-15(6-4-14)20(26)24-9-11-27-12-10-24/h3-8,13H,9-12H2,1-2H3,(H,22,25). The molecule has 0 saturated carbocycles. The lowest BCUT2D eigenvalue weighted by Gasteiger charge is -2.26. The Balaban J connectivity index is 1.73. The van der Waals surface area contributed by atoms with Gasteiger partial charge in [-0.2, -0.15) is 0 Å². The molecule has 0 radical (unpaired) electrons. The Hall–Kier alpha value is -2.57. The average Bonchev–Trinajstić information content (AvgIpc) is 2.68. The largest absolute Gasteiger partial charge is 0.378 e. The molecule has 1 heterocycles. The van der Waals surface area contributed by atoms with E-state index in [0.717, 1.165) is 5.69 Å². The molecule has 2 aromatic carbocycles. The highest BCUT2D eigenvalue weighted by molar-refractivity contribution is 6.31. The van der Waals surface area contributed by atoms with Gasteiger partial charge in [0, 0.05) is 43.3 Å². The second kappa shape index (κ2) is 8.41. The van der Waals surface area contributed by atoms with Crippen molar-refractivity contribution in [3.05, 3.63) is 58.6 Å². The molecule has 0 spiro atoms. The highest BCUT2D eigenvalue weighted by Crippen LogP contribution is 2.28. The molecule has 1 saturated heterocycles. The van der Waals surface area contributed by atoms with Gasteiger partial charge in [-0.1, -0.05) is 11.6 Å². The minimum atomic E-state index is -0.259. The predicted octanol–water partition coefficient (Wildman–Crippen LogP) is 3.13. The summed E-state index contributed by atoms with van der Waals surface area (Å²) in [6.07, 6.45) is 0. The number of benzene rings is 2. The fraction of sp³-hybridized carbons (Fsp3) is 0.300. The number of ether oxygens (including phenoxy) is 1. The summed E-state index contributed by atoms with van der Waals surface area (Å²) in [6, 6.07) is 12.0. The monoisotopic (exact) mass is 387 g/mol. The summed E-state index contributed by atoms with van der Waals surface area (Å²) >= 11 is 6.06. The van der Waals surface area contributed by atoms with Crippen LogP contribution in [0.5, 0.6) is 0 Å². The van der Waals surface area contributed by atoms with Crippen LogP contribution in [0.4, 0.5) is 11.4 Å². The van der Waals surface area contributed by atoms with Crippen LogP contribution in [0.15, 0.2) is 42.5 Å². The van der Waals surface area contributed by atoms with Crippen LogP contribution in [0.1, 0.15) is 20.7 Å². The van der Waals surface area contributed by atoms with Crippen molar-refractivity contribution in [2.45, 2.75) is 0 Å². The number of rotatable bonds is 4. The van der Waals surface area contributed by atoms with E-state index in [4.69, 9.17) is 16.3 Å². The Bertz CT molecular complexity index is 831. The molecule has 27 heavy (non-hydrogen) atoms. The molecule has 0 unspecified atom stereocenters. The van der Waals surface area contributed by atoms with Gasteiger partial charge in [0.15, 0.2) is 0 Å². The van der Waals surface area contributed by atoms with Crippen molar-refractivity contribution in [2.75, 3.05) is 50.6 Å². The van der Waals surface area contributed by atoms with Gasteiger partial charge in [-0.15, -0.1) is 0 Å². The van der Waals surface area contributed by atoms with Gasteiger partial charge in [-0.05, 0) is 42.5 Å². The van der Waals surface area contributed by atoms with Crippen LogP contribution in [0, 0.1) is 0 Å². The SMILES string of the molecule is CN(C)c1ccc(Cl)cc1NC(=O)c1ccc(C(=O)N2CCOCC2)cc1. The molecule has 6 nitrogen and oxygen atoms in total. The molecule has 0 bridgehead atoms. The van der Waals surface area contributed by atoms with Crippen LogP contribution >= 0.6 is 11.6 Å². The molecule has 1 aliphatic rings. The first-order valence-electron chi connectivity index (χ1n) is 8.71. The first-order chi connectivity index (χ1) is 13.0. The molecule has 1 fully saturated rings. The van der Waals surface area contributed by atoms with E-state index in [2.05, 4.69) is 5.32 Å². The van der Waals surface area contributed by atoms with E-state index in [1.807, 2.05) is 25.1 Å². The van der Waals surface area contributed by atoms with Crippen molar-refractivity contribution in [1.82, 2.24) is 4.90 Å². The van der Waals surface area contributed by atoms with Gasteiger partial charge in [-0.3, -0.25) is 9.59 Å². The molecular weight excluding hydrogens is 366 g/mol. The van der Waals surface area contributed by atoms with Gasteiger partial charge in [-0.25, -0.2) is 0 Å². The van der Waals surface area contributed by atoms with Gasteiger partial charge in [0.2, 0.25) is 0 Å². The van der Waals surface area contributed by atoms with E-state index >= 15 is 0 Å². The van der Waals surface area contributed by atoms with E-state index < -0.39 is 0 Å². The van der Waals surface area contributed by atoms with Gasteiger partial charge < -0.3 is 19.9 Å². The summed E-state index contributed by atoms with van der Waals surface area (Å²) in [5, 5.41) is 3.43. The van der Waals surface area contributed by atoms with Crippen molar-refractivity contribution < 1.29 is 14.3 Å². The summed E-state index contributed by atoms with van der Waals surface area (Å²) in [6.45, 7) is 2.28. The molecule has 2 aromatic rings. The summed E-state index contributed by atoms with van der Waals surface area (Å²) in [5.74, 6) is -0.305. The van der Waals surface area contributed by atoms with Crippen LogP contribution in [-0.4, -0.2) is 57.1 Å². The first kappa shape index (κ1) is 19.2. The molecule has 1 aliphatic heterocycles. The molecular formula is C20H22ClN3O3. The zero-order valence-electron chi connectivity index (χ0n) is 15.4. The first-order valence-corrected chi connectivity index (χ1v) is 9.09. The molecule has 0 aliphatic carbocycles. The molecule has 0 atom stereocenters. The number of hydrogen-bond donors (Lipinski definition) is 1. The van der Waals surface area contributed by atoms with Gasteiger partial charge >= 0.3 is 0 Å². The van der Waals surface area contributed by atoms with Crippen LogP contribution < -0.4 is 10.2 Å². The third-order valence-corrected chi connectivity index (χ3v) is 4.62. The van der Waals surface area contributed by atoms with Gasteiger partial charge in [0.25, 0.3) is 11.8 Å². The smallest absolute Gasteiger partial charge is 0.255 e. The number of nitrogens with zero attached hydrogens (tertiary/aromatic N) is 2. The van der Waals surface area contributed by atoms with Gasteiger partial charge in [0.05, 0.1) is 24.6 Å². The average molecular weight is 388 g/mol. The third-order valence-electron chi connectivity index (χ3n) is 4.38. The molecule has 2 amide bonds. The Morgan fingerprint density at radius 3 is 2.30 bits per heavy atom. The lowest BCUT2D eigenvalue weighted by Crippen LogP contribution is -2.40. The summed E-state index contributed by atoms with van der Waals surface area (Å²) in [4.78, 5) is 28.7. The Labute approximate surface area is 163 Å². The van der Waals surface area contributed by atoms with E-state index in [-0.39, 0.29) is 11.8 Å². The fourth-order valence-corrected chi connectivity index (χ4v) is 3.08. The number of amides is 2. The maximum Gasteiger partial charge on any atom is 0.255 e. The molecule has 1 N–H and O–H groups in total. The molecule has 3 rings (SSSR count). The Kier molecular flexibility index (Phi) is 5.98. The molecule has 7 heteroatoms. The van der Waals surface area contributed by atoms with Crippen LogP contribution in [0.2, 0.25) is 5.02 Å². The lowest BCUT2D eigenvalue weighted by molar-refractivity contribution is 0.0303. The molecule has 0 aromatic heterocycles. The second-order valence-electron chi connectivity index (χ2n) is 6.49. The highest BCUT2D eigenvalue weighted by atomic mass is 35.5. The number of halogens is 1. The van der Waals surface area contributed by atoms with Crippen LogP contribution in [0.25, 0.3) is 0 Å². The van der Waals surface area contributed by atoms with Gasteiger partial charge in [0.1, 0.15) is 0 Å². The quantitative estimate of drug-likeness (QED) is 0.875. The Morgan fingerprint density at radius 2 is 1.67 bits per heavy atom. The number of anilines is 2. The van der Waals surface area contributed by atoms with Crippen molar-refractivity contribution in [3.8, 4) is 0 Å². The normalized spacial score (nSPS) is 14.0. The maximum absolute atomic E-state index is 12.6. The van der Waals surface area contributed by atoms with E-state index in [0.29, 0.717) is 48.1 Å². The van der Waals surface area contributed by atoms with Crippen LogP contribution in [-0.2, 0) is 4.74 Å². The van der Waals surface area contributed by atoms with Crippen LogP contribution in [0.3, 0.4) is 0 Å². The predicted molar refractivity (Wildman–Crippen MR) is 107 cm³/mol. The number of carbonyl (C=O) groups is 2. The van der Waals surface area contributed by atoms with E-state index in [1.54, 1.807) is 41.3 Å². The number of morpholine rings is 1.